The van der Waals surface area contributed by atoms with E-state index < -0.39 is 0 Å². The Kier molecular flexibility index (Phi) is 5.41. The number of aryl methyl sites for hydroxylation is 1. The molecule has 28 heavy (non-hydrogen) atoms. The van der Waals surface area contributed by atoms with Crippen LogP contribution in [0.2, 0.25) is 0 Å². The molecule has 0 bridgehead atoms. The van der Waals surface area contributed by atoms with E-state index in [0.717, 1.165) is 34.8 Å². The van der Waals surface area contributed by atoms with Crippen molar-refractivity contribution in [3.63, 3.8) is 0 Å². The van der Waals surface area contributed by atoms with Crippen LogP contribution in [0.1, 0.15) is 10.6 Å². The maximum absolute atomic E-state index is 5.22. The van der Waals surface area contributed by atoms with Crippen molar-refractivity contribution in [2.45, 2.75) is 13.5 Å². The molecule has 3 heterocycles. The van der Waals surface area contributed by atoms with Crippen LogP contribution in [0.5, 0.6) is 0 Å². The van der Waals surface area contributed by atoms with Crippen molar-refractivity contribution >= 4 is 28.1 Å². The second-order valence-corrected chi connectivity index (χ2v) is 8.13. The van der Waals surface area contributed by atoms with E-state index in [9.17, 15) is 0 Å². The van der Waals surface area contributed by atoms with Gasteiger partial charge in [0.15, 0.2) is 5.82 Å². The van der Waals surface area contributed by atoms with Gasteiger partial charge in [0.2, 0.25) is 0 Å². The Bertz CT molecular complexity index is 1070. The molecule has 0 amide bonds. The Labute approximate surface area is 169 Å². The second kappa shape index (κ2) is 8.12. The zero-order chi connectivity index (χ0) is 19.5. The molecule has 0 spiro atoms. The van der Waals surface area contributed by atoms with Crippen molar-refractivity contribution in [2.75, 3.05) is 32.2 Å². The largest absolute Gasteiger partial charge is 0.383 e. The number of thiophene rings is 1. The maximum Gasteiger partial charge on any atom is 0.151 e. The molecule has 0 N–H and O–H groups in total. The van der Waals surface area contributed by atoms with Crippen LogP contribution in [0, 0.1) is 6.92 Å². The molecule has 5 nitrogen and oxygen atoms in total. The van der Waals surface area contributed by atoms with E-state index in [4.69, 9.17) is 9.72 Å². The molecule has 0 atom stereocenters. The molecule has 144 valence electrons. The highest BCUT2D eigenvalue weighted by Crippen LogP contribution is 2.32. The van der Waals surface area contributed by atoms with E-state index in [1.165, 1.54) is 9.75 Å². The van der Waals surface area contributed by atoms with E-state index >= 15 is 0 Å². The predicted molar refractivity (Wildman–Crippen MR) is 116 cm³/mol. The summed E-state index contributed by atoms with van der Waals surface area (Å²) in [6.45, 7) is 4.35. The van der Waals surface area contributed by atoms with Gasteiger partial charge in [-0.3, -0.25) is 4.98 Å². The zero-order valence-corrected chi connectivity index (χ0v) is 17.2. The summed E-state index contributed by atoms with van der Waals surface area (Å²) in [7, 11) is 3.82. The highest BCUT2D eigenvalue weighted by Gasteiger charge is 2.16. The minimum Gasteiger partial charge on any atom is -0.383 e. The third-order valence-corrected chi connectivity index (χ3v) is 5.81. The first-order valence-electron chi connectivity index (χ1n) is 9.33. The predicted octanol–water partition coefficient (Wildman–Crippen LogP) is 4.60. The maximum atomic E-state index is 5.22. The Morgan fingerprint density at radius 1 is 1.14 bits per heavy atom. The molecule has 6 heteroatoms. The summed E-state index contributed by atoms with van der Waals surface area (Å²) in [5.41, 5.74) is 4.30. The molecule has 1 aromatic carbocycles. The van der Waals surface area contributed by atoms with Crippen molar-refractivity contribution in [3.8, 4) is 10.7 Å². The summed E-state index contributed by atoms with van der Waals surface area (Å²) in [5, 5.41) is 0. The number of ether oxygens (including phenoxy) is 1. The summed E-state index contributed by atoms with van der Waals surface area (Å²) in [5.74, 6) is 0.996. The van der Waals surface area contributed by atoms with Crippen LogP contribution in [0.25, 0.3) is 21.7 Å². The lowest BCUT2D eigenvalue weighted by Gasteiger charge is -2.19. The van der Waals surface area contributed by atoms with E-state index in [-0.39, 0.29) is 0 Å². The van der Waals surface area contributed by atoms with Crippen LogP contribution < -0.4 is 4.90 Å². The molecule has 4 aromatic rings. The number of pyridine rings is 1. The van der Waals surface area contributed by atoms with E-state index in [2.05, 4.69) is 64.8 Å². The Morgan fingerprint density at radius 2 is 2.04 bits per heavy atom. The number of aromatic nitrogens is 3. The van der Waals surface area contributed by atoms with Gasteiger partial charge in [-0.05, 0) is 49.4 Å². The molecular formula is C22H24N4OS. The van der Waals surface area contributed by atoms with Crippen LogP contribution in [0.4, 0.5) is 5.69 Å². The SMILES string of the molecule is COCCN(C)c1ccc2nc(-c3ccc(C)s3)n(Cc3ccccn3)c2c1. The van der Waals surface area contributed by atoms with E-state index in [1.807, 2.05) is 18.3 Å². The van der Waals surface area contributed by atoms with E-state index in [1.54, 1.807) is 18.4 Å². The van der Waals surface area contributed by atoms with Crippen molar-refractivity contribution in [2.24, 2.45) is 0 Å². The molecular weight excluding hydrogens is 368 g/mol. The van der Waals surface area contributed by atoms with Crippen LogP contribution in [0.15, 0.2) is 54.7 Å². The highest BCUT2D eigenvalue weighted by atomic mass is 32.1. The first kappa shape index (κ1) is 18.7. The van der Waals surface area contributed by atoms with Crippen LogP contribution in [-0.4, -0.2) is 41.8 Å². The van der Waals surface area contributed by atoms with Gasteiger partial charge in [-0.15, -0.1) is 11.3 Å². The monoisotopic (exact) mass is 392 g/mol. The molecule has 0 fully saturated rings. The van der Waals surface area contributed by atoms with Crippen molar-refractivity contribution in [1.82, 2.24) is 14.5 Å². The molecule has 0 saturated heterocycles. The summed E-state index contributed by atoms with van der Waals surface area (Å²) >= 11 is 1.77. The first-order chi connectivity index (χ1) is 13.7. The van der Waals surface area contributed by atoms with Crippen LogP contribution in [0.3, 0.4) is 0 Å². The standard InChI is InChI=1S/C22H24N4OS/c1-16-7-10-21(28-16)22-24-19-9-8-18(25(2)12-13-27-3)14-20(19)26(22)15-17-6-4-5-11-23-17/h4-11,14H,12-13,15H2,1-3H3. The molecule has 0 radical (unpaired) electrons. The lowest BCUT2D eigenvalue weighted by molar-refractivity contribution is 0.206. The fourth-order valence-electron chi connectivity index (χ4n) is 3.26. The number of methoxy groups -OCH3 is 1. The third kappa shape index (κ3) is 3.79. The summed E-state index contributed by atoms with van der Waals surface area (Å²) in [4.78, 5) is 14.2. The van der Waals surface area contributed by atoms with Gasteiger partial charge >= 0.3 is 0 Å². The van der Waals surface area contributed by atoms with Gasteiger partial charge in [0, 0.05) is 37.5 Å². The number of anilines is 1. The summed E-state index contributed by atoms with van der Waals surface area (Å²) in [6.07, 6.45) is 1.84. The topological polar surface area (TPSA) is 43.2 Å². The number of rotatable bonds is 7. The Hall–Kier alpha value is -2.70. The number of benzene rings is 1. The quantitative estimate of drug-likeness (QED) is 0.461. The lowest BCUT2D eigenvalue weighted by Crippen LogP contribution is -2.21. The van der Waals surface area contributed by atoms with Gasteiger partial charge in [0.1, 0.15) is 0 Å². The van der Waals surface area contributed by atoms with Gasteiger partial charge in [0.25, 0.3) is 0 Å². The van der Waals surface area contributed by atoms with Gasteiger partial charge < -0.3 is 14.2 Å². The number of hydrogen-bond donors (Lipinski definition) is 0. The van der Waals surface area contributed by atoms with E-state index in [0.29, 0.717) is 13.2 Å². The average molecular weight is 393 g/mol. The molecule has 3 aromatic heterocycles. The second-order valence-electron chi connectivity index (χ2n) is 6.84. The van der Waals surface area contributed by atoms with Crippen molar-refractivity contribution < 1.29 is 4.74 Å². The van der Waals surface area contributed by atoms with Crippen molar-refractivity contribution in [1.29, 1.82) is 0 Å². The fraction of sp³-hybridized carbons (Fsp3) is 0.273. The number of fused-ring (bicyclic) bond motifs is 1. The minimum atomic E-state index is 0.689. The van der Waals surface area contributed by atoms with Crippen molar-refractivity contribution in [3.05, 3.63) is 65.3 Å². The third-order valence-electron chi connectivity index (χ3n) is 4.81. The fourth-order valence-corrected chi connectivity index (χ4v) is 4.13. The molecule has 0 aliphatic carbocycles. The smallest absolute Gasteiger partial charge is 0.151 e. The highest BCUT2D eigenvalue weighted by molar-refractivity contribution is 7.15. The molecule has 0 saturated carbocycles. The van der Waals surface area contributed by atoms with Gasteiger partial charge in [-0.1, -0.05) is 6.07 Å². The molecule has 4 rings (SSSR count). The summed E-state index contributed by atoms with van der Waals surface area (Å²) in [6, 6.07) is 16.8. The number of imidazole rings is 1. The Morgan fingerprint density at radius 3 is 2.75 bits per heavy atom. The Balaban J connectivity index is 1.82. The molecule has 0 aliphatic rings. The van der Waals surface area contributed by atoms with Gasteiger partial charge in [-0.25, -0.2) is 4.98 Å². The summed E-state index contributed by atoms with van der Waals surface area (Å²) < 4.78 is 7.50. The number of nitrogens with zero attached hydrogens (tertiary/aromatic N) is 4. The average Bonchev–Trinajstić information content (AvgIpc) is 3.30. The number of hydrogen-bond acceptors (Lipinski definition) is 5. The lowest BCUT2D eigenvalue weighted by atomic mass is 10.2. The van der Waals surface area contributed by atoms with Gasteiger partial charge in [0.05, 0.1) is 34.8 Å². The molecule has 0 unspecified atom stereocenters. The van der Waals surface area contributed by atoms with Gasteiger partial charge in [-0.2, -0.15) is 0 Å². The normalized spacial score (nSPS) is 11.2. The van der Waals surface area contributed by atoms with Crippen LogP contribution in [-0.2, 0) is 11.3 Å². The minimum absolute atomic E-state index is 0.689. The number of likely N-dealkylation sites (N-methyl/N-ethyl adjacent to an activating group) is 1. The first-order valence-corrected chi connectivity index (χ1v) is 10.1. The molecule has 0 aliphatic heterocycles. The zero-order valence-electron chi connectivity index (χ0n) is 16.4. The van der Waals surface area contributed by atoms with Crippen LogP contribution >= 0.6 is 11.3 Å².